The van der Waals surface area contributed by atoms with Gasteiger partial charge in [0.2, 0.25) is 0 Å². The van der Waals surface area contributed by atoms with E-state index in [0.29, 0.717) is 12.8 Å². The first-order valence-corrected chi connectivity index (χ1v) is 5.82. The van der Waals surface area contributed by atoms with Gasteiger partial charge in [0.05, 0.1) is 0 Å². The summed E-state index contributed by atoms with van der Waals surface area (Å²) in [7, 11) is 0. The van der Waals surface area contributed by atoms with Crippen molar-refractivity contribution >= 4 is 34.9 Å². The molecule has 0 spiro atoms. The standard InChI is InChI=1S/C8H14O3.C5H8O2.Al/c1-3-6(4-2)7(9)5-8(10)11;1-4(6)3-5(2)7;/h6H,3-5H2,1-2H3,(H,10,11);3,6H,1-2H3;/q;;+3/p-2/b;4-3-;. The van der Waals surface area contributed by atoms with E-state index in [1.165, 1.54) is 13.8 Å². The molecular formula is C13H20AlO5+. The van der Waals surface area contributed by atoms with E-state index in [-0.39, 0.29) is 40.6 Å². The minimum absolute atomic E-state index is 0. The number of carboxylic acid groups (broad SMARTS) is 1. The molecule has 0 heterocycles. The first-order chi connectivity index (χ1) is 8.24. The van der Waals surface area contributed by atoms with Gasteiger partial charge in [0.1, 0.15) is 5.78 Å². The molecule has 0 N–H and O–H groups in total. The fourth-order valence-corrected chi connectivity index (χ4v) is 1.32. The Hall–Kier alpha value is -1.12. The maximum Gasteiger partial charge on any atom is 3.00 e. The summed E-state index contributed by atoms with van der Waals surface area (Å²) in [4.78, 5) is 31.0. The fraction of sp³-hybridized carbons (Fsp3) is 0.615. The van der Waals surface area contributed by atoms with Gasteiger partial charge < -0.3 is 15.0 Å². The Labute approximate surface area is 124 Å². The maximum absolute atomic E-state index is 11.0. The smallest absolute Gasteiger partial charge is 0.876 e. The number of rotatable bonds is 6. The second-order valence-corrected chi connectivity index (χ2v) is 3.89. The van der Waals surface area contributed by atoms with Crippen molar-refractivity contribution in [2.75, 3.05) is 0 Å². The van der Waals surface area contributed by atoms with Gasteiger partial charge in [-0.05, 0) is 25.8 Å². The van der Waals surface area contributed by atoms with Crippen molar-refractivity contribution in [2.45, 2.75) is 47.0 Å². The average Bonchev–Trinajstić information content (AvgIpc) is 2.16. The summed E-state index contributed by atoms with van der Waals surface area (Å²) in [5.74, 6) is -1.97. The summed E-state index contributed by atoms with van der Waals surface area (Å²) in [6.07, 6.45) is 2.04. The van der Waals surface area contributed by atoms with Crippen LogP contribution in [0.5, 0.6) is 0 Å². The van der Waals surface area contributed by atoms with Crippen LogP contribution < -0.4 is 10.2 Å². The summed E-state index contributed by atoms with van der Waals surface area (Å²) in [5, 5.41) is 20.0. The zero-order valence-corrected chi connectivity index (χ0v) is 13.0. The second-order valence-electron chi connectivity index (χ2n) is 3.89. The Morgan fingerprint density at radius 1 is 1.05 bits per heavy atom. The molecule has 0 radical (unpaired) electrons. The third-order valence-electron chi connectivity index (χ3n) is 2.17. The number of carboxylic acids is 1. The van der Waals surface area contributed by atoms with Crippen LogP contribution in [-0.4, -0.2) is 34.9 Å². The molecule has 0 aromatic rings. The molecule has 0 saturated heterocycles. The van der Waals surface area contributed by atoms with Gasteiger partial charge >= 0.3 is 17.4 Å². The van der Waals surface area contributed by atoms with Crippen LogP contribution in [0.2, 0.25) is 0 Å². The Bertz CT molecular complexity index is 315. The molecule has 104 valence electrons. The predicted molar refractivity (Wildman–Crippen MR) is 68.9 cm³/mol. The summed E-state index contributed by atoms with van der Waals surface area (Å²) < 4.78 is 0. The van der Waals surface area contributed by atoms with E-state index < -0.39 is 12.4 Å². The topological polar surface area (TPSA) is 97.3 Å². The SMILES string of the molecule is CC(=O)/C=C(/C)[O-].CCC(CC)C(=O)CC(=O)[O-].[Al+3]. The molecule has 6 heteroatoms. The Balaban J connectivity index is -0.000000280. The zero-order valence-electron chi connectivity index (χ0n) is 11.9. The molecule has 5 nitrogen and oxygen atoms in total. The van der Waals surface area contributed by atoms with Gasteiger partial charge in [-0.1, -0.05) is 20.8 Å². The largest absolute Gasteiger partial charge is 3.00 e. The van der Waals surface area contributed by atoms with Gasteiger partial charge in [0, 0.05) is 18.3 Å². The van der Waals surface area contributed by atoms with Gasteiger partial charge in [-0.25, -0.2) is 0 Å². The molecule has 0 aliphatic rings. The van der Waals surface area contributed by atoms with Crippen molar-refractivity contribution in [2.24, 2.45) is 5.92 Å². The molecule has 0 aromatic heterocycles. The van der Waals surface area contributed by atoms with Crippen molar-refractivity contribution in [3.63, 3.8) is 0 Å². The third kappa shape index (κ3) is 16.9. The van der Waals surface area contributed by atoms with E-state index in [4.69, 9.17) is 0 Å². The van der Waals surface area contributed by atoms with Crippen LogP contribution in [0, 0.1) is 5.92 Å². The van der Waals surface area contributed by atoms with Crippen LogP contribution in [0.3, 0.4) is 0 Å². The van der Waals surface area contributed by atoms with E-state index in [9.17, 15) is 24.6 Å². The van der Waals surface area contributed by atoms with Gasteiger partial charge in [-0.2, -0.15) is 0 Å². The van der Waals surface area contributed by atoms with Crippen molar-refractivity contribution in [1.82, 2.24) is 0 Å². The molecule has 0 aromatic carbocycles. The van der Waals surface area contributed by atoms with E-state index >= 15 is 0 Å². The quantitative estimate of drug-likeness (QED) is 0.286. The minimum atomic E-state index is -1.28. The summed E-state index contributed by atoms with van der Waals surface area (Å²) >= 11 is 0. The fourth-order valence-electron chi connectivity index (χ4n) is 1.32. The zero-order chi connectivity index (χ0) is 14.7. The number of allylic oxidation sites excluding steroid dienone is 2. The predicted octanol–water partition coefficient (Wildman–Crippen LogP) is -0.410. The van der Waals surface area contributed by atoms with E-state index in [1.807, 2.05) is 13.8 Å². The van der Waals surface area contributed by atoms with E-state index in [0.717, 1.165) is 6.08 Å². The molecule has 0 atom stereocenters. The maximum atomic E-state index is 11.0. The molecule has 19 heavy (non-hydrogen) atoms. The normalized spacial score (nSPS) is 10.1. The molecule has 0 aliphatic carbocycles. The van der Waals surface area contributed by atoms with Gasteiger partial charge in [0.25, 0.3) is 0 Å². The van der Waals surface area contributed by atoms with Gasteiger partial charge in [-0.3, -0.25) is 9.59 Å². The van der Waals surface area contributed by atoms with Gasteiger partial charge in [0.15, 0.2) is 5.78 Å². The number of carbonyl (C=O) groups excluding carboxylic acids is 3. The van der Waals surface area contributed by atoms with Crippen LogP contribution in [0.4, 0.5) is 0 Å². The Morgan fingerprint density at radius 3 is 1.63 bits per heavy atom. The van der Waals surface area contributed by atoms with E-state index in [1.54, 1.807) is 0 Å². The van der Waals surface area contributed by atoms with Crippen molar-refractivity contribution in [3.05, 3.63) is 11.8 Å². The van der Waals surface area contributed by atoms with Gasteiger partial charge in [-0.15, -0.1) is 5.76 Å². The Kier molecular flexibility index (Phi) is 16.1. The molecule has 0 amide bonds. The second kappa shape index (κ2) is 13.3. The number of hydrogen-bond acceptors (Lipinski definition) is 5. The molecule has 0 rings (SSSR count). The molecular weight excluding hydrogens is 263 g/mol. The van der Waals surface area contributed by atoms with E-state index in [2.05, 4.69) is 0 Å². The number of Topliss-reactive ketones (excluding diaryl/α,β-unsaturated/α-hetero) is 1. The molecule has 0 unspecified atom stereocenters. The van der Waals surface area contributed by atoms with Crippen LogP contribution in [0.15, 0.2) is 11.8 Å². The average molecular weight is 283 g/mol. The number of carbonyl (C=O) groups is 3. The first-order valence-electron chi connectivity index (χ1n) is 5.82. The monoisotopic (exact) mass is 283 g/mol. The first kappa shape index (κ1) is 23.0. The molecule has 0 saturated carbocycles. The van der Waals surface area contributed by atoms with Crippen LogP contribution in [0.25, 0.3) is 0 Å². The van der Waals surface area contributed by atoms with Crippen LogP contribution in [0.1, 0.15) is 47.0 Å². The number of hydrogen-bond donors (Lipinski definition) is 0. The van der Waals surface area contributed by atoms with Crippen molar-refractivity contribution < 1.29 is 24.6 Å². The summed E-state index contributed by atoms with van der Waals surface area (Å²) in [6, 6.07) is 0. The number of aliphatic carboxylic acids is 1. The Morgan fingerprint density at radius 2 is 1.47 bits per heavy atom. The third-order valence-corrected chi connectivity index (χ3v) is 2.17. The summed E-state index contributed by atoms with van der Waals surface area (Å²) in [5.41, 5.74) is 0. The van der Waals surface area contributed by atoms with Crippen molar-refractivity contribution in [3.8, 4) is 0 Å². The minimum Gasteiger partial charge on any atom is -0.876 e. The molecule has 0 bridgehead atoms. The molecule has 0 fully saturated rings. The van der Waals surface area contributed by atoms with Crippen LogP contribution in [-0.2, 0) is 14.4 Å². The molecule has 0 aliphatic heterocycles. The summed E-state index contributed by atoms with van der Waals surface area (Å²) in [6.45, 7) is 6.45. The van der Waals surface area contributed by atoms with Crippen LogP contribution >= 0.6 is 0 Å². The van der Waals surface area contributed by atoms with Crippen molar-refractivity contribution in [1.29, 1.82) is 0 Å². The number of ketones is 2.